The lowest BCUT2D eigenvalue weighted by molar-refractivity contribution is -0.145. The summed E-state index contributed by atoms with van der Waals surface area (Å²) in [5.41, 5.74) is 6.15. The number of unbranched alkanes of at least 4 members (excludes halogenated alkanes) is 10. The maximum Gasteiger partial charge on any atom is 0.305 e. The van der Waals surface area contributed by atoms with Gasteiger partial charge < -0.3 is 20.6 Å². The molecule has 0 amide bonds. The molecule has 2 aromatic rings. The third-order valence-electron chi connectivity index (χ3n) is 6.02. The van der Waals surface area contributed by atoms with Crippen molar-refractivity contribution in [1.29, 1.82) is 0 Å². The number of fused-ring (bicyclic) bond motifs is 1. The summed E-state index contributed by atoms with van der Waals surface area (Å²) in [5, 5.41) is 9.38. The van der Waals surface area contributed by atoms with Crippen LogP contribution in [-0.4, -0.2) is 43.8 Å². The number of ether oxygens (including phenoxy) is 1. The highest BCUT2D eigenvalue weighted by Crippen LogP contribution is 2.14. The molecular weight excluding hydrogens is 422 g/mol. The van der Waals surface area contributed by atoms with E-state index >= 15 is 0 Å². The van der Waals surface area contributed by atoms with Crippen molar-refractivity contribution in [2.24, 2.45) is 5.92 Å². The average Bonchev–Trinajstić information content (AvgIpc) is 3.27. The SMILES string of the molecule is CCCCCCCCCCCCCC(=O)OCC(CCO)Cn1c(N)nc2nc[nH]c2c1=O. The zero-order valence-electron chi connectivity index (χ0n) is 20.1. The molecule has 9 nitrogen and oxygen atoms in total. The highest BCUT2D eigenvalue weighted by Gasteiger charge is 2.17. The molecule has 0 spiro atoms. The van der Waals surface area contributed by atoms with Gasteiger partial charge in [0.05, 0.1) is 12.9 Å². The second-order valence-electron chi connectivity index (χ2n) is 8.83. The lowest BCUT2D eigenvalue weighted by Crippen LogP contribution is -2.30. The van der Waals surface area contributed by atoms with Crippen LogP contribution < -0.4 is 11.3 Å². The van der Waals surface area contributed by atoms with Gasteiger partial charge >= 0.3 is 5.97 Å². The van der Waals surface area contributed by atoms with Crippen molar-refractivity contribution in [3.05, 3.63) is 16.7 Å². The first kappa shape index (κ1) is 26.8. The summed E-state index contributed by atoms with van der Waals surface area (Å²) >= 11 is 0. The van der Waals surface area contributed by atoms with Gasteiger partial charge in [0.1, 0.15) is 0 Å². The number of nitrogen functional groups attached to an aromatic ring is 1. The number of aromatic nitrogens is 4. The second-order valence-corrected chi connectivity index (χ2v) is 8.83. The molecule has 0 saturated carbocycles. The Hall–Kier alpha value is -2.42. The molecule has 2 aromatic heterocycles. The molecule has 0 saturated heterocycles. The number of aliphatic hydroxyl groups excluding tert-OH is 1. The molecule has 0 aliphatic rings. The molecule has 2 rings (SSSR count). The van der Waals surface area contributed by atoms with Crippen molar-refractivity contribution in [2.45, 2.75) is 96.9 Å². The topological polar surface area (TPSA) is 136 Å². The van der Waals surface area contributed by atoms with E-state index in [0.717, 1.165) is 19.3 Å². The van der Waals surface area contributed by atoms with Crippen molar-refractivity contribution in [3.63, 3.8) is 0 Å². The van der Waals surface area contributed by atoms with E-state index in [-0.39, 0.29) is 54.3 Å². The number of nitrogens with two attached hydrogens (primary N) is 1. The summed E-state index contributed by atoms with van der Waals surface area (Å²) in [5.74, 6) is -0.426. The number of esters is 1. The van der Waals surface area contributed by atoms with E-state index in [4.69, 9.17) is 10.5 Å². The first-order valence-electron chi connectivity index (χ1n) is 12.5. The van der Waals surface area contributed by atoms with Gasteiger partial charge in [0.2, 0.25) is 5.95 Å². The monoisotopic (exact) mass is 463 g/mol. The molecule has 186 valence electrons. The molecule has 2 heterocycles. The summed E-state index contributed by atoms with van der Waals surface area (Å²) in [6.07, 6.45) is 15.7. The van der Waals surface area contributed by atoms with Crippen molar-refractivity contribution in [2.75, 3.05) is 18.9 Å². The third kappa shape index (κ3) is 9.53. The number of rotatable bonds is 18. The van der Waals surface area contributed by atoms with Gasteiger partial charge in [-0.15, -0.1) is 0 Å². The third-order valence-corrected chi connectivity index (χ3v) is 6.02. The summed E-state index contributed by atoms with van der Waals surface area (Å²) in [6.45, 7) is 2.50. The number of anilines is 1. The van der Waals surface area contributed by atoms with Crippen LogP contribution in [-0.2, 0) is 16.1 Å². The summed E-state index contributed by atoms with van der Waals surface area (Å²) in [7, 11) is 0. The number of imidazole rings is 1. The van der Waals surface area contributed by atoms with Gasteiger partial charge in [-0.25, -0.2) is 4.98 Å². The van der Waals surface area contributed by atoms with E-state index in [0.29, 0.717) is 12.8 Å². The summed E-state index contributed by atoms with van der Waals surface area (Å²) in [6, 6.07) is 0. The van der Waals surface area contributed by atoms with Crippen molar-refractivity contribution >= 4 is 23.1 Å². The molecule has 4 N–H and O–H groups in total. The van der Waals surface area contributed by atoms with Crippen LogP contribution in [0.25, 0.3) is 11.2 Å². The fraction of sp³-hybridized carbons (Fsp3) is 0.750. The highest BCUT2D eigenvalue weighted by molar-refractivity contribution is 5.70. The van der Waals surface area contributed by atoms with Crippen LogP contribution in [0.2, 0.25) is 0 Å². The highest BCUT2D eigenvalue weighted by atomic mass is 16.5. The average molecular weight is 464 g/mol. The molecule has 0 aliphatic carbocycles. The van der Waals surface area contributed by atoms with Crippen LogP contribution in [0.1, 0.15) is 90.4 Å². The van der Waals surface area contributed by atoms with Crippen LogP contribution in [0.4, 0.5) is 5.95 Å². The molecule has 0 aliphatic heterocycles. The number of H-pyrrole nitrogens is 1. The van der Waals surface area contributed by atoms with Gasteiger partial charge in [0, 0.05) is 25.5 Å². The van der Waals surface area contributed by atoms with Gasteiger partial charge in [-0.3, -0.25) is 14.2 Å². The van der Waals surface area contributed by atoms with Gasteiger partial charge in [-0.1, -0.05) is 71.1 Å². The number of aromatic amines is 1. The van der Waals surface area contributed by atoms with Crippen molar-refractivity contribution in [1.82, 2.24) is 19.5 Å². The van der Waals surface area contributed by atoms with Gasteiger partial charge in [0.15, 0.2) is 11.2 Å². The molecule has 0 radical (unpaired) electrons. The second kappa shape index (κ2) is 15.4. The maximum atomic E-state index is 12.6. The lowest BCUT2D eigenvalue weighted by Gasteiger charge is -2.18. The van der Waals surface area contributed by atoms with E-state index in [1.54, 1.807) is 0 Å². The van der Waals surface area contributed by atoms with Gasteiger partial charge in [-0.2, -0.15) is 4.98 Å². The number of carbonyl (C=O) groups is 1. The predicted octanol–water partition coefficient (Wildman–Crippen LogP) is 3.94. The van der Waals surface area contributed by atoms with Gasteiger partial charge in [0.25, 0.3) is 5.56 Å². The van der Waals surface area contributed by atoms with E-state index in [9.17, 15) is 14.7 Å². The zero-order chi connectivity index (χ0) is 23.9. The Morgan fingerprint density at radius 3 is 2.39 bits per heavy atom. The first-order valence-corrected chi connectivity index (χ1v) is 12.5. The number of nitrogens with one attached hydrogen (secondary N) is 1. The minimum absolute atomic E-state index is 0.0508. The largest absolute Gasteiger partial charge is 0.465 e. The zero-order valence-corrected chi connectivity index (χ0v) is 20.1. The Bertz CT molecular complexity index is 879. The fourth-order valence-electron chi connectivity index (χ4n) is 4.00. The van der Waals surface area contributed by atoms with Crippen molar-refractivity contribution < 1.29 is 14.6 Å². The molecular formula is C24H41N5O4. The Kier molecular flexibility index (Phi) is 12.5. The molecule has 1 unspecified atom stereocenters. The number of nitrogens with zero attached hydrogens (tertiary/aromatic N) is 3. The fourth-order valence-corrected chi connectivity index (χ4v) is 4.00. The molecule has 0 fully saturated rings. The maximum absolute atomic E-state index is 12.6. The first-order chi connectivity index (χ1) is 16.1. The van der Waals surface area contributed by atoms with Crippen LogP contribution in [0.3, 0.4) is 0 Å². The standard InChI is InChI=1S/C24H41N5O4/c1-2-3-4-5-6-7-8-9-10-11-12-13-20(31)33-17-19(14-15-30)16-29-23(32)21-22(27-18-26-21)28-24(29)25/h18-19,30H,2-17H2,1H3,(H2,25,28)(H,26,27). The summed E-state index contributed by atoms with van der Waals surface area (Å²) in [4.78, 5) is 35.6. The smallest absolute Gasteiger partial charge is 0.305 e. The van der Waals surface area contributed by atoms with Crippen LogP contribution in [0.15, 0.2) is 11.1 Å². The normalized spacial score (nSPS) is 12.3. The van der Waals surface area contributed by atoms with Crippen molar-refractivity contribution in [3.8, 4) is 0 Å². The Labute approximate surface area is 196 Å². The van der Waals surface area contributed by atoms with Gasteiger partial charge in [-0.05, 0) is 12.8 Å². The predicted molar refractivity (Wildman–Crippen MR) is 130 cm³/mol. The Morgan fingerprint density at radius 2 is 1.76 bits per heavy atom. The minimum Gasteiger partial charge on any atom is -0.465 e. The number of hydrogen-bond acceptors (Lipinski definition) is 7. The molecule has 0 bridgehead atoms. The minimum atomic E-state index is -0.328. The van der Waals surface area contributed by atoms with E-state index in [2.05, 4.69) is 21.9 Å². The Balaban J connectivity index is 1.64. The molecule has 9 heteroatoms. The molecule has 33 heavy (non-hydrogen) atoms. The van der Waals surface area contributed by atoms with E-state index < -0.39 is 0 Å². The van der Waals surface area contributed by atoms with Crippen LogP contribution in [0.5, 0.6) is 0 Å². The van der Waals surface area contributed by atoms with Crippen LogP contribution in [0, 0.1) is 5.92 Å². The van der Waals surface area contributed by atoms with Crippen LogP contribution >= 0.6 is 0 Å². The number of carbonyl (C=O) groups excluding carboxylic acids is 1. The Morgan fingerprint density at radius 1 is 1.12 bits per heavy atom. The molecule has 1 atom stereocenters. The number of hydrogen-bond donors (Lipinski definition) is 3. The molecule has 0 aromatic carbocycles. The quantitative estimate of drug-likeness (QED) is 0.225. The van der Waals surface area contributed by atoms with E-state index in [1.165, 1.54) is 62.3 Å². The lowest BCUT2D eigenvalue weighted by atomic mass is 10.1. The summed E-state index contributed by atoms with van der Waals surface area (Å²) < 4.78 is 6.76. The van der Waals surface area contributed by atoms with E-state index in [1.807, 2.05) is 0 Å². The number of aliphatic hydroxyl groups is 1.